The van der Waals surface area contributed by atoms with E-state index in [1.54, 1.807) is 19.9 Å². The maximum atomic E-state index is 12.5. The van der Waals surface area contributed by atoms with E-state index >= 15 is 0 Å². The van der Waals surface area contributed by atoms with E-state index in [2.05, 4.69) is 11.8 Å². The minimum absolute atomic E-state index is 0.0710. The number of rotatable bonds is 7. The van der Waals surface area contributed by atoms with Crippen molar-refractivity contribution in [3.05, 3.63) is 11.6 Å². The quantitative estimate of drug-likeness (QED) is 0.337. The van der Waals surface area contributed by atoms with Crippen molar-refractivity contribution in [3.63, 3.8) is 0 Å². The smallest absolute Gasteiger partial charge is 0.324 e. The van der Waals surface area contributed by atoms with Crippen molar-refractivity contribution in [3.8, 4) is 11.8 Å². The maximum absolute atomic E-state index is 12.5. The van der Waals surface area contributed by atoms with Crippen LogP contribution in [-0.4, -0.2) is 35.9 Å². The molecule has 0 radical (unpaired) electrons. The van der Waals surface area contributed by atoms with Gasteiger partial charge in [0.25, 0.3) is 0 Å². The Kier molecular flexibility index (Phi) is 8.63. The van der Waals surface area contributed by atoms with E-state index in [1.165, 1.54) is 13.8 Å². The highest BCUT2D eigenvalue weighted by Gasteiger charge is 2.47. The number of carbonyl (C=O) groups excluding carboxylic acids is 2. The summed E-state index contributed by atoms with van der Waals surface area (Å²) in [7, 11) is 0. The highest BCUT2D eigenvalue weighted by molar-refractivity contribution is 6.00. The van der Waals surface area contributed by atoms with Crippen LogP contribution in [0.5, 0.6) is 0 Å². The van der Waals surface area contributed by atoms with Gasteiger partial charge in [-0.1, -0.05) is 23.5 Å². The number of ether oxygens (including phenoxy) is 2. The Labute approximate surface area is 139 Å². The minimum atomic E-state index is -1.51. The van der Waals surface area contributed by atoms with Gasteiger partial charge in [0.1, 0.15) is 5.60 Å². The lowest BCUT2D eigenvalue weighted by molar-refractivity contribution is -0.171. The van der Waals surface area contributed by atoms with Crippen LogP contribution in [-0.2, 0) is 19.1 Å². The van der Waals surface area contributed by atoms with Crippen molar-refractivity contribution in [2.45, 2.75) is 60.0 Å². The van der Waals surface area contributed by atoms with Gasteiger partial charge in [0.05, 0.1) is 13.2 Å². The normalized spacial score (nSPS) is 11.1. The van der Waals surface area contributed by atoms with Crippen molar-refractivity contribution < 1.29 is 24.2 Å². The molecule has 0 aromatic heterocycles. The molecule has 1 N–H and O–H groups in total. The fourth-order valence-corrected chi connectivity index (χ4v) is 1.79. The van der Waals surface area contributed by atoms with Crippen LogP contribution in [0, 0.1) is 17.3 Å². The van der Waals surface area contributed by atoms with Crippen molar-refractivity contribution in [2.75, 3.05) is 13.2 Å². The molecule has 0 atom stereocenters. The molecule has 0 saturated carbocycles. The molecule has 0 rings (SSSR count). The minimum Gasteiger partial charge on any atom is -0.465 e. The first-order chi connectivity index (χ1) is 10.6. The first kappa shape index (κ1) is 21.2. The van der Waals surface area contributed by atoms with E-state index in [9.17, 15) is 14.7 Å². The number of hydrogen-bond acceptors (Lipinski definition) is 5. The number of allylic oxidation sites excluding steroid dienone is 2. The van der Waals surface area contributed by atoms with Gasteiger partial charge in [-0.05, 0) is 48.0 Å². The molecule has 0 aromatic carbocycles. The van der Waals surface area contributed by atoms with Crippen molar-refractivity contribution in [1.82, 2.24) is 0 Å². The van der Waals surface area contributed by atoms with Crippen LogP contribution in [0.3, 0.4) is 0 Å². The number of esters is 2. The zero-order valence-corrected chi connectivity index (χ0v) is 15.0. The Morgan fingerprint density at radius 1 is 1.09 bits per heavy atom. The highest BCUT2D eigenvalue weighted by atomic mass is 16.6. The van der Waals surface area contributed by atoms with Gasteiger partial charge in [-0.25, -0.2) is 0 Å². The fraction of sp³-hybridized carbons (Fsp3) is 0.667. The standard InChI is InChI=1S/C18H28O5/c1-7-22-15(19)18(13-10-14(3)4,16(20)23-8-2)12-9-11-17(5,6)21/h10,21H,7-8,12-13H2,1-6H3. The van der Waals surface area contributed by atoms with Crippen LogP contribution < -0.4 is 0 Å². The molecular formula is C18H28O5. The third-order valence-corrected chi connectivity index (χ3v) is 2.98. The van der Waals surface area contributed by atoms with Gasteiger partial charge in [-0.3, -0.25) is 9.59 Å². The lowest BCUT2D eigenvalue weighted by Crippen LogP contribution is -2.41. The average molecular weight is 324 g/mol. The highest BCUT2D eigenvalue weighted by Crippen LogP contribution is 2.31. The summed E-state index contributed by atoms with van der Waals surface area (Å²) in [5, 5.41) is 9.70. The van der Waals surface area contributed by atoms with E-state index < -0.39 is 23.0 Å². The molecule has 0 aromatic rings. The Balaban J connectivity index is 5.79. The van der Waals surface area contributed by atoms with Crippen LogP contribution >= 0.6 is 0 Å². The van der Waals surface area contributed by atoms with Crippen LogP contribution in [0.2, 0.25) is 0 Å². The molecule has 0 amide bonds. The third kappa shape index (κ3) is 7.34. The summed E-state index contributed by atoms with van der Waals surface area (Å²) in [6, 6.07) is 0. The molecule has 0 spiro atoms. The summed E-state index contributed by atoms with van der Waals surface area (Å²) < 4.78 is 10.2. The predicted octanol–water partition coefficient (Wildman–Crippen LogP) is 2.62. The fourth-order valence-electron chi connectivity index (χ4n) is 1.79. The number of hydrogen-bond donors (Lipinski definition) is 1. The Hall–Kier alpha value is -1.80. The molecule has 0 unspecified atom stereocenters. The summed E-state index contributed by atoms with van der Waals surface area (Å²) in [6.07, 6.45) is 1.87. The van der Waals surface area contributed by atoms with Gasteiger partial charge in [0.2, 0.25) is 0 Å². The Bertz CT molecular complexity index is 478. The SMILES string of the molecule is CCOC(=O)C(CC#CC(C)(C)O)(CC=C(C)C)C(=O)OCC. The van der Waals surface area contributed by atoms with E-state index in [-0.39, 0.29) is 26.1 Å². The van der Waals surface area contributed by atoms with Gasteiger partial charge in [-0.15, -0.1) is 0 Å². The molecule has 0 aliphatic heterocycles. The van der Waals surface area contributed by atoms with E-state index in [0.29, 0.717) is 0 Å². The van der Waals surface area contributed by atoms with Crippen LogP contribution in [0.15, 0.2) is 11.6 Å². The molecule has 5 nitrogen and oxygen atoms in total. The molecule has 0 aliphatic carbocycles. The van der Waals surface area contributed by atoms with Gasteiger partial charge < -0.3 is 14.6 Å². The van der Waals surface area contributed by atoms with Gasteiger partial charge in [0.15, 0.2) is 5.41 Å². The van der Waals surface area contributed by atoms with Gasteiger partial charge in [-0.2, -0.15) is 0 Å². The Morgan fingerprint density at radius 2 is 1.57 bits per heavy atom. The van der Waals surface area contributed by atoms with Crippen LogP contribution in [0.1, 0.15) is 54.4 Å². The van der Waals surface area contributed by atoms with E-state index in [0.717, 1.165) is 5.57 Å². The molecule has 0 bridgehead atoms. The number of carbonyl (C=O) groups is 2. The van der Waals surface area contributed by atoms with Crippen molar-refractivity contribution in [2.24, 2.45) is 5.41 Å². The Morgan fingerprint density at radius 3 is 1.91 bits per heavy atom. The topological polar surface area (TPSA) is 72.8 Å². The second-order valence-corrected chi connectivity index (χ2v) is 6.05. The monoisotopic (exact) mass is 324 g/mol. The summed E-state index contributed by atoms with van der Waals surface area (Å²) in [5.41, 5.74) is -1.74. The summed E-state index contributed by atoms with van der Waals surface area (Å²) in [5.74, 6) is 4.06. The first-order valence-corrected chi connectivity index (χ1v) is 7.79. The average Bonchev–Trinajstić information content (AvgIpc) is 2.41. The summed E-state index contributed by atoms with van der Waals surface area (Å²) in [4.78, 5) is 24.9. The zero-order chi connectivity index (χ0) is 18.1. The molecule has 130 valence electrons. The lowest BCUT2D eigenvalue weighted by atomic mass is 9.80. The largest absolute Gasteiger partial charge is 0.465 e. The molecule has 0 heterocycles. The van der Waals surface area contributed by atoms with Crippen LogP contribution in [0.25, 0.3) is 0 Å². The molecule has 0 saturated heterocycles. The van der Waals surface area contributed by atoms with Crippen molar-refractivity contribution >= 4 is 11.9 Å². The number of aliphatic hydroxyl groups is 1. The second-order valence-electron chi connectivity index (χ2n) is 6.05. The van der Waals surface area contributed by atoms with Crippen LogP contribution in [0.4, 0.5) is 0 Å². The van der Waals surface area contributed by atoms with Crippen molar-refractivity contribution in [1.29, 1.82) is 0 Å². The van der Waals surface area contributed by atoms with Gasteiger partial charge in [0, 0.05) is 6.42 Å². The lowest BCUT2D eigenvalue weighted by Gasteiger charge is -2.26. The zero-order valence-electron chi connectivity index (χ0n) is 15.0. The maximum Gasteiger partial charge on any atom is 0.324 e. The van der Waals surface area contributed by atoms with Gasteiger partial charge >= 0.3 is 11.9 Å². The molecule has 0 aliphatic rings. The van der Waals surface area contributed by atoms with E-state index in [1.807, 2.05) is 13.8 Å². The molecule has 0 fully saturated rings. The molecule has 5 heteroatoms. The third-order valence-electron chi connectivity index (χ3n) is 2.98. The second kappa shape index (κ2) is 9.36. The molecular weight excluding hydrogens is 296 g/mol. The van der Waals surface area contributed by atoms with E-state index in [4.69, 9.17) is 9.47 Å². The molecule has 23 heavy (non-hydrogen) atoms. The summed E-state index contributed by atoms with van der Waals surface area (Å²) >= 11 is 0. The predicted molar refractivity (Wildman–Crippen MR) is 88.4 cm³/mol. The first-order valence-electron chi connectivity index (χ1n) is 7.79. The summed E-state index contributed by atoms with van der Waals surface area (Å²) in [6.45, 7) is 10.5.